The minimum Gasteiger partial charge on any atom is -0.289 e. The van der Waals surface area contributed by atoms with Gasteiger partial charge in [0, 0.05) is 11.1 Å². The van der Waals surface area contributed by atoms with Crippen LogP contribution < -0.4 is 0 Å². The Balaban J connectivity index is 2.10. The summed E-state index contributed by atoms with van der Waals surface area (Å²) in [5.41, 5.74) is 3.40. The molecular weight excluding hydrogens is 280 g/mol. The van der Waals surface area contributed by atoms with E-state index in [9.17, 15) is 4.79 Å². The van der Waals surface area contributed by atoms with E-state index in [4.69, 9.17) is 11.6 Å². The summed E-state index contributed by atoms with van der Waals surface area (Å²) in [6.07, 6.45) is 0. The van der Waals surface area contributed by atoms with Crippen molar-refractivity contribution >= 4 is 28.2 Å². The molecule has 3 aromatic carbocycles. The maximum absolute atomic E-state index is 12.7. The predicted octanol–water partition coefficient (Wildman–Crippen LogP) is 5.34. The molecule has 104 valence electrons. The molecule has 0 radical (unpaired) electrons. The number of fused-ring (bicyclic) bond motifs is 1. The minimum absolute atomic E-state index is 0.0335. The van der Waals surface area contributed by atoms with Gasteiger partial charge >= 0.3 is 0 Å². The van der Waals surface area contributed by atoms with Crippen molar-refractivity contribution in [2.24, 2.45) is 0 Å². The van der Waals surface area contributed by atoms with Crippen LogP contribution in [0, 0.1) is 13.8 Å². The third-order valence-electron chi connectivity index (χ3n) is 3.84. The summed E-state index contributed by atoms with van der Waals surface area (Å²) >= 11 is 6.24. The molecule has 1 nitrogen and oxygen atoms in total. The molecule has 3 rings (SSSR count). The third kappa shape index (κ3) is 2.57. The van der Waals surface area contributed by atoms with Gasteiger partial charge in [0.15, 0.2) is 5.78 Å². The lowest BCUT2D eigenvalue weighted by atomic mass is 9.97. The van der Waals surface area contributed by atoms with Crippen LogP contribution >= 0.6 is 11.6 Å². The van der Waals surface area contributed by atoms with Crippen LogP contribution in [0.25, 0.3) is 10.8 Å². The Morgan fingerprint density at radius 2 is 1.52 bits per heavy atom. The Bertz CT molecular complexity index is 849. The normalized spacial score (nSPS) is 10.8. The van der Waals surface area contributed by atoms with Crippen molar-refractivity contribution in [1.29, 1.82) is 0 Å². The van der Waals surface area contributed by atoms with Gasteiger partial charge in [-0.2, -0.15) is 0 Å². The summed E-state index contributed by atoms with van der Waals surface area (Å²) in [6.45, 7) is 3.98. The predicted molar refractivity (Wildman–Crippen MR) is 88.3 cm³/mol. The molecule has 0 saturated carbocycles. The molecule has 0 aliphatic carbocycles. The quantitative estimate of drug-likeness (QED) is 0.583. The zero-order chi connectivity index (χ0) is 15.0. The van der Waals surface area contributed by atoms with Crippen LogP contribution in [-0.4, -0.2) is 5.78 Å². The second-order valence-corrected chi connectivity index (χ2v) is 5.71. The number of rotatable bonds is 2. The van der Waals surface area contributed by atoms with E-state index >= 15 is 0 Å². The monoisotopic (exact) mass is 294 g/mol. The SMILES string of the molecule is Cc1cc(Cl)c(C(=O)c2ccc3ccccc3c2)cc1C. The Labute approximate surface area is 129 Å². The molecule has 0 aromatic heterocycles. The van der Waals surface area contributed by atoms with Gasteiger partial charge in [0.2, 0.25) is 0 Å². The van der Waals surface area contributed by atoms with E-state index in [1.807, 2.05) is 68.4 Å². The van der Waals surface area contributed by atoms with Gasteiger partial charge in [-0.25, -0.2) is 0 Å². The molecule has 21 heavy (non-hydrogen) atoms. The second kappa shape index (κ2) is 5.34. The molecule has 2 heteroatoms. The van der Waals surface area contributed by atoms with Crippen LogP contribution in [0.15, 0.2) is 54.6 Å². The Kier molecular flexibility index (Phi) is 3.52. The summed E-state index contributed by atoms with van der Waals surface area (Å²) in [7, 11) is 0. The van der Waals surface area contributed by atoms with Crippen molar-refractivity contribution in [3.8, 4) is 0 Å². The lowest BCUT2D eigenvalue weighted by Crippen LogP contribution is -2.03. The molecule has 0 unspecified atom stereocenters. The smallest absolute Gasteiger partial charge is 0.194 e. The van der Waals surface area contributed by atoms with E-state index < -0.39 is 0 Å². The number of ketones is 1. The minimum atomic E-state index is -0.0335. The Morgan fingerprint density at radius 3 is 2.29 bits per heavy atom. The summed E-state index contributed by atoms with van der Waals surface area (Å²) in [5, 5.41) is 2.69. The molecule has 0 atom stereocenters. The number of benzene rings is 3. The standard InChI is InChI=1S/C19H15ClO/c1-12-9-17(18(20)10-13(12)2)19(21)16-8-7-14-5-3-4-6-15(14)11-16/h3-11H,1-2H3. The highest BCUT2D eigenvalue weighted by Gasteiger charge is 2.14. The maximum atomic E-state index is 12.7. The van der Waals surface area contributed by atoms with Crippen molar-refractivity contribution in [3.05, 3.63) is 81.9 Å². The first-order valence-electron chi connectivity index (χ1n) is 6.86. The molecule has 0 N–H and O–H groups in total. The van der Waals surface area contributed by atoms with Crippen molar-refractivity contribution in [3.63, 3.8) is 0 Å². The molecule has 0 aliphatic rings. The van der Waals surface area contributed by atoms with Gasteiger partial charge in [-0.15, -0.1) is 0 Å². The Hall–Kier alpha value is -2.12. The highest BCUT2D eigenvalue weighted by atomic mass is 35.5. The van der Waals surface area contributed by atoms with Crippen LogP contribution in [-0.2, 0) is 0 Å². The van der Waals surface area contributed by atoms with Crippen LogP contribution in [0.1, 0.15) is 27.0 Å². The number of carbonyl (C=O) groups excluding carboxylic acids is 1. The average Bonchev–Trinajstić information content (AvgIpc) is 2.50. The van der Waals surface area contributed by atoms with Crippen molar-refractivity contribution in [2.75, 3.05) is 0 Å². The zero-order valence-electron chi connectivity index (χ0n) is 12.0. The lowest BCUT2D eigenvalue weighted by molar-refractivity contribution is 0.103. The first-order chi connectivity index (χ1) is 10.1. The average molecular weight is 295 g/mol. The third-order valence-corrected chi connectivity index (χ3v) is 4.15. The van der Waals surface area contributed by atoms with Crippen molar-refractivity contribution in [1.82, 2.24) is 0 Å². The van der Waals surface area contributed by atoms with Crippen LogP contribution in [0.3, 0.4) is 0 Å². The summed E-state index contributed by atoms with van der Waals surface area (Å²) < 4.78 is 0. The van der Waals surface area contributed by atoms with Gasteiger partial charge in [0.05, 0.1) is 5.02 Å². The van der Waals surface area contributed by atoms with E-state index in [-0.39, 0.29) is 5.78 Å². The van der Waals surface area contributed by atoms with Gasteiger partial charge in [-0.1, -0.05) is 48.0 Å². The molecule has 0 bridgehead atoms. The number of halogens is 1. The molecule has 0 aliphatic heterocycles. The Morgan fingerprint density at radius 1 is 0.857 bits per heavy atom. The molecule has 0 spiro atoms. The van der Waals surface area contributed by atoms with E-state index in [1.165, 1.54) is 0 Å². The van der Waals surface area contributed by atoms with Gasteiger partial charge in [-0.05, 0) is 53.9 Å². The molecule has 0 fully saturated rings. The van der Waals surface area contributed by atoms with E-state index in [0.29, 0.717) is 16.1 Å². The number of carbonyl (C=O) groups is 1. The molecule has 0 heterocycles. The van der Waals surface area contributed by atoms with Crippen LogP contribution in [0.2, 0.25) is 5.02 Å². The molecule has 0 saturated heterocycles. The first-order valence-corrected chi connectivity index (χ1v) is 7.24. The molecule has 3 aromatic rings. The molecule has 0 amide bonds. The molecular formula is C19H15ClO. The fourth-order valence-electron chi connectivity index (χ4n) is 2.44. The zero-order valence-corrected chi connectivity index (χ0v) is 12.7. The topological polar surface area (TPSA) is 17.1 Å². The number of hydrogen-bond donors (Lipinski definition) is 0. The fourth-order valence-corrected chi connectivity index (χ4v) is 2.75. The fraction of sp³-hybridized carbons (Fsp3) is 0.105. The summed E-state index contributed by atoms with van der Waals surface area (Å²) in [4.78, 5) is 12.7. The van der Waals surface area contributed by atoms with Gasteiger partial charge in [0.1, 0.15) is 0 Å². The van der Waals surface area contributed by atoms with Crippen molar-refractivity contribution in [2.45, 2.75) is 13.8 Å². The second-order valence-electron chi connectivity index (χ2n) is 5.31. The first kappa shape index (κ1) is 13.8. The van der Waals surface area contributed by atoms with E-state index in [0.717, 1.165) is 21.9 Å². The van der Waals surface area contributed by atoms with Gasteiger partial charge in [-0.3, -0.25) is 4.79 Å². The van der Waals surface area contributed by atoms with E-state index in [1.54, 1.807) is 0 Å². The number of aryl methyl sites for hydroxylation is 2. The van der Waals surface area contributed by atoms with Crippen LogP contribution in [0.4, 0.5) is 0 Å². The van der Waals surface area contributed by atoms with Crippen LogP contribution in [0.5, 0.6) is 0 Å². The van der Waals surface area contributed by atoms with Crippen molar-refractivity contribution < 1.29 is 4.79 Å². The largest absolute Gasteiger partial charge is 0.289 e. The lowest BCUT2D eigenvalue weighted by Gasteiger charge is -2.08. The maximum Gasteiger partial charge on any atom is 0.194 e. The van der Waals surface area contributed by atoms with Gasteiger partial charge < -0.3 is 0 Å². The summed E-state index contributed by atoms with van der Waals surface area (Å²) in [6, 6.07) is 17.5. The van der Waals surface area contributed by atoms with E-state index in [2.05, 4.69) is 0 Å². The highest BCUT2D eigenvalue weighted by Crippen LogP contribution is 2.25. The summed E-state index contributed by atoms with van der Waals surface area (Å²) in [5.74, 6) is -0.0335. The number of hydrogen-bond acceptors (Lipinski definition) is 1. The van der Waals surface area contributed by atoms with Gasteiger partial charge in [0.25, 0.3) is 0 Å². The highest BCUT2D eigenvalue weighted by molar-refractivity contribution is 6.35.